The van der Waals surface area contributed by atoms with Crippen molar-refractivity contribution in [3.63, 3.8) is 0 Å². The third-order valence-electron chi connectivity index (χ3n) is 5.58. The van der Waals surface area contributed by atoms with Gasteiger partial charge in [-0.3, -0.25) is 9.69 Å². The van der Waals surface area contributed by atoms with Crippen LogP contribution >= 0.6 is 0 Å². The Hall–Kier alpha value is -3.18. The van der Waals surface area contributed by atoms with Crippen molar-refractivity contribution in [3.05, 3.63) is 65.0 Å². The fourth-order valence-electron chi connectivity index (χ4n) is 3.76. The lowest BCUT2D eigenvalue weighted by atomic mass is 10.1. The van der Waals surface area contributed by atoms with Gasteiger partial charge in [-0.05, 0) is 38.1 Å². The van der Waals surface area contributed by atoms with E-state index in [1.165, 1.54) is 16.9 Å². The smallest absolute Gasteiger partial charge is 0.417 e. The Morgan fingerprint density at radius 1 is 1.15 bits per heavy atom. The van der Waals surface area contributed by atoms with Gasteiger partial charge >= 0.3 is 6.18 Å². The minimum absolute atomic E-state index is 0.154. The average Bonchev–Trinajstić information content (AvgIpc) is 3.39. The standard InChI is InChI=1S/C22H24F3N5O3/c1-14-3-5-19(33-14)18(29-7-9-32-10-8-29)13-27-21(31)17-12-28-30(15(17)2)20-6-4-16(11-26-20)22(23,24)25/h3-6,11-12,18H,7-10,13H2,1-2H3,(H,27,31). The van der Waals surface area contributed by atoms with Crippen molar-refractivity contribution in [3.8, 4) is 5.82 Å². The van der Waals surface area contributed by atoms with Crippen LogP contribution in [0.4, 0.5) is 13.2 Å². The molecular weight excluding hydrogens is 439 g/mol. The number of nitrogens with one attached hydrogen (secondary N) is 1. The van der Waals surface area contributed by atoms with Crippen molar-refractivity contribution in [2.45, 2.75) is 26.1 Å². The van der Waals surface area contributed by atoms with Gasteiger partial charge in [0, 0.05) is 25.8 Å². The van der Waals surface area contributed by atoms with Crippen LogP contribution in [0.2, 0.25) is 0 Å². The number of hydrogen-bond donors (Lipinski definition) is 1. The molecule has 1 atom stereocenters. The quantitative estimate of drug-likeness (QED) is 0.604. The number of pyridine rings is 1. The number of ether oxygens (including phenoxy) is 1. The number of furan rings is 1. The summed E-state index contributed by atoms with van der Waals surface area (Å²) in [6.07, 6.45) is -2.35. The average molecular weight is 463 g/mol. The van der Waals surface area contributed by atoms with E-state index in [0.717, 1.165) is 36.9 Å². The van der Waals surface area contributed by atoms with E-state index in [1.807, 2.05) is 19.1 Å². The van der Waals surface area contributed by atoms with Crippen LogP contribution in [-0.4, -0.2) is 58.4 Å². The second-order valence-corrected chi connectivity index (χ2v) is 7.78. The number of carbonyl (C=O) groups is 1. The van der Waals surface area contributed by atoms with Gasteiger partial charge in [0.15, 0.2) is 5.82 Å². The van der Waals surface area contributed by atoms with Crippen LogP contribution < -0.4 is 5.32 Å². The molecule has 3 aromatic heterocycles. The highest BCUT2D eigenvalue weighted by Gasteiger charge is 2.31. The number of alkyl halides is 3. The van der Waals surface area contributed by atoms with Gasteiger partial charge in [-0.15, -0.1) is 0 Å². The predicted molar refractivity (Wildman–Crippen MR) is 112 cm³/mol. The van der Waals surface area contributed by atoms with Crippen LogP contribution in [0.25, 0.3) is 5.82 Å². The van der Waals surface area contributed by atoms with E-state index in [0.29, 0.717) is 31.0 Å². The maximum Gasteiger partial charge on any atom is 0.417 e. The molecule has 11 heteroatoms. The minimum Gasteiger partial charge on any atom is -0.465 e. The first kappa shape index (κ1) is 23.0. The van der Waals surface area contributed by atoms with Crippen LogP contribution in [0.5, 0.6) is 0 Å². The molecular formula is C22H24F3N5O3. The minimum atomic E-state index is -4.47. The van der Waals surface area contributed by atoms with E-state index >= 15 is 0 Å². The summed E-state index contributed by atoms with van der Waals surface area (Å²) in [6.45, 7) is 6.50. The van der Waals surface area contributed by atoms with E-state index in [9.17, 15) is 18.0 Å². The number of aromatic nitrogens is 3. The molecule has 1 saturated heterocycles. The second-order valence-electron chi connectivity index (χ2n) is 7.78. The molecule has 0 bridgehead atoms. The number of morpholine rings is 1. The Labute approximate surface area is 188 Å². The molecule has 0 radical (unpaired) electrons. The second kappa shape index (κ2) is 9.36. The summed E-state index contributed by atoms with van der Waals surface area (Å²) in [5.41, 5.74) is -0.0686. The summed E-state index contributed by atoms with van der Waals surface area (Å²) in [5, 5.41) is 7.08. The fourth-order valence-corrected chi connectivity index (χ4v) is 3.76. The normalized spacial score (nSPS) is 16.0. The molecule has 1 N–H and O–H groups in total. The summed E-state index contributed by atoms with van der Waals surface area (Å²) in [4.78, 5) is 19.0. The van der Waals surface area contributed by atoms with Gasteiger partial charge in [0.25, 0.3) is 5.91 Å². The van der Waals surface area contributed by atoms with E-state index in [-0.39, 0.29) is 17.8 Å². The Balaban J connectivity index is 1.48. The molecule has 0 spiro atoms. The molecule has 0 saturated carbocycles. The molecule has 4 heterocycles. The van der Waals surface area contributed by atoms with Crippen molar-refractivity contribution < 1.29 is 27.1 Å². The van der Waals surface area contributed by atoms with Gasteiger partial charge in [-0.1, -0.05) is 0 Å². The first-order valence-corrected chi connectivity index (χ1v) is 10.5. The lowest BCUT2D eigenvalue weighted by Gasteiger charge is -2.33. The maximum absolute atomic E-state index is 12.9. The van der Waals surface area contributed by atoms with Crippen LogP contribution in [0, 0.1) is 13.8 Å². The molecule has 1 fully saturated rings. The lowest BCUT2D eigenvalue weighted by molar-refractivity contribution is -0.137. The number of hydrogen-bond acceptors (Lipinski definition) is 6. The van der Waals surface area contributed by atoms with Gasteiger partial charge in [-0.25, -0.2) is 9.67 Å². The number of rotatable bonds is 6. The van der Waals surface area contributed by atoms with Crippen molar-refractivity contribution in [2.75, 3.05) is 32.8 Å². The topological polar surface area (TPSA) is 85.4 Å². The largest absolute Gasteiger partial charge is 0.465 e. The Bertz CT molecular complexity index is 1100. The van der Waals surface area contributed by atoms with E-state index in [1.54, 1.807) is 6.92 Å². The Morgan fingerprint density at radius 2 is 1.91 bits per heavy atom. The van der Waals surface area contributed by atoms with Crippen molar-refractivity contribution in [2.24, 2.45) is 0 Å². The molecule has 1 aliphatic heterocycles. The molecule has 1 aliphatic rings. The van der Waals surface area contributed by atoms with E-state index < -0.39 is 11.7 Å². The van der Waals surface area contributed by atoms with E-state index in [4.69, 9.17) is 9.15 Å². The molecule has 0 aliphatic carbocycles. The third-order valence-corrected chi connectivity index (χ3v) is 5.58. The number of amides is 1. The van der Waals surface area contributed by atoms with Gasteiger partial charge in [-0.2, -0.15) is 18.3 Å². The zero-order valence-electron chi connectivity index (χ0n) is 18.2. The summed E-state index contributed by atoms with van der Waals surface area (Å²) < 4.78 is 51.0. The first-order valence-electron chi connectivity index (χ1n) is 10.5. The summed E-state index contributed by atoms with van der Waals surface area (Å²) in [7, 11) is 0. The van der Waals surface area contributed by atoms with Gasteiger partial charge in [0.05, 0.1) is 42.3 Å². The fraction of sp³-hybridized carbons (Fsp3) is 0.409. The molecule has 0 aromatic carbocycles. The molecule has 8 nitrogen and oxygen atoms in total. The Morgan fingerprint density at radius 3 is 2.52 bits per heavy atom. The molecule has 4 rings (SSSR count). The van der Waals surface area contributed by atoms with Crippen LogP contribution in [0.1, 0.15) is 39.2 Å². The summed E-state index contributed by atoms with van der Waals surface area (Å²) in [6, 6.07) is 5.79. The van der Waals surface area contributed by atoms with Crippen LogP contribution in [-0.2, 0) is 10.9 Å². The molecule has 1 unspecified atom stereocenters. The highest BCUT2D eigenvalue weighted by Crippen LogP contribution is 2.29. The molecule has 1 amide bonds. The van der Waals surface area contributed by atoms with Crippen LogP contribution in [0.3, 0.4) is 0 Å². The highest BCUT2D eigenvalue weighted by atomic mass is 19.4. The number of aryl methyl sites for hydroxylation is 1. The maximum atomic E-state index is 12.9. The predicted octanol–water partition coefficient (Wildman–Crippen LogP) is 3.30. The van der Waals surface area contributed by atoms with Crippen molar-refractivity contribution in [1.29, 1.82) is 0 Å². The molecule has 176 valence electrons. The van der Waals surface area contributed by atoms with Gasteiger partial charge in [0.1, 0.15) is 11.5 Å². The Kier molecular flexibility index (Phi) is 6.52. The van der Waals surface area contributed by atoms with Crippen molar-refractivity contribution in [1.82, 2.24) is 25.0 Å². The highest BCUT2D eigenvalue weighted by molar-refractivity contribution is 5.95. The van der Waals surface area contributed by atoms with Gasteiger partial charge < -0.3 is 14.5 Å². The monoisotopic (exact) mass is 463 g/mol. The molecule has 33 heavy (non-hydrogen) atoms. The van der Waals surface area contributed by atoms with Crippen molar-refractivity contribution >= 4 is 5.91 Å². The third kappa shape index (κ3) is 5.09. The zero-order chi connectivity index (χ0) is 23.6. The van der Waals surface area contributed by atoms with Gasteiger partial charge in [0.2, 0.25) is 0 Å². The lowest BCUT2D eigenvalue weighted by Crippen LogP contribution is -2.43. The number of carbonyl (C=O) groups excluding carboxylic acids is 1. The van der Waals surface area contributed by atoms with E-state index in [2.05, 4.69) is 20.3 Å². The number of halogens is 3. The number of nitrogens with zero attached hydrogens (tertiary/aromatic N) is 4. The van der Waals surface area contributed by atoms with Crippen LogP contribution in [0.15, 0.2) is 41.1 Å². The first-order chi connectivity index (χ1) is 15.7. The SMILES string of the molecule is Cc1ccc(C(CNC(=O)c2cnn(-c3ccc(C(F)(F)F)cn3)c2C)N2CCOCC2)o1. The summed E-state index contributed by atoms with van der Waals surface area (Å²) >= 11 is 0. The zero-order valence-corrected chi connectivity index (χ0v) is 18.2. The molecule has 3 aromatic rings. The summed E-state index contributed by atoms with van der Waals surface area (Å²) in [5.74, 6) is 1.40.